The maximum Gasteiger partial charge on any atom is 0.252 e. The fourth-order valence-electron chi connectivity index (χ4n) is 6.12. The number of fused-ring (bicyclic) bond motifs is 3. The average molecular weight is 447 g/mol. The molecule has 6 rings (SSSR count). The van der Waals surface area contributed by atoms with E-state index < -0.39 is 5.91 Å². The molecule has 2 aromatic heterocycles. The van der Waals surface area contributed by atoms with Crippen LogP contribution in [0.5, 0.6) is 0 Å². The molecule has 4 N–H and O–H groups in total. The number of nitrogens with one attached hydrogen (secondary N) is 2. The molecule has 5 heterocycles. The molecule has 8 nitrogen and oxygen atoms in total. The first-order valence-corrected chi connectivity index (χ1v) is 12.0. The Kier molecular flexibility index (Phi) is 4.88. The molecule has 3 aliphatic rings. The van der Waals surface area contributed by atoms with E-state index >= 15 is 0 Å². The predicted molar refractivity (Wildman–Crippen MR) is 128 cm³/mol. The zero-order valence-electron chi connectivity index (χ0n) is 18.8. The van der Waals surface area contributed by atoms with Crippen molar-refractivity contribution in [1.29, 1.82) is 0 Å². The molecule has 3 aromatic rings. The van der Waals surface area contributed by atoms with Crippen molar-refractivity contribution in [2.75, 3.05) is 44.3 Å². The quantitative estimate of drug-likeness (QED) is 0.565. The maximum absolute atomic E-state index is 12.9. The number of nitrogens with zero attached hydrogens (tertiary/aromatic N) is 3. The molecular weight excluding hydrogens is 416 g/mol. The van der Waals surface area contributed by atoms with Crippen molar-refractivity contribution >= 4 is 33.5 Å². The Hall–Kier alpha value is -2.97. The van der Waals surface area contributed by atoms with Crippen LogP contribution in [0.3, 0.4) is 0 Å². The number of Topliss-reactive ketones (excluding diaryl/α,β-unsaturated/α-hetero) is 1. The van der Waals surface area contributed by atoms with Gasteiger partial charge in [0, 0.05) is 55.8 Å². The molecule has 8 heteroatoms. The molecule has 0 bridgehead atoms. The third-order valence-corrected chi connectivity index (χ3v) is 7.90. The van der Waals surface area contributed by atoms with E-state index in [2.05, 4.69) is 43.5 Å². The summed E-state index contributed by atoms with van der Waals surface area (Å²) >= 11 is 0. The van der Waals surface area contributed by atoms with E-state index in [0.29, 0.717) is 43.3 Å². The van der Waals surface area contributed by atoms with Gasteiger partial charge in [0.15, 0.2) is 0 Å². The van der Waals surface area contributed by atoms with E-state index in [9.17, 15) is 9.59 Å². The highest BCUT2D eigenvalue weighted by Crippen LogP contribution is 2.37. The number of pyridine rings is 1. The van der Waals surface area contributed by atoms with Crippen LogP contribution in [0.1, 0.15) is 47.5 Å². The highest BCUT2D eigenvalue weighted by atomic mass is 16.1. The first kappa shape index (κ1) is 20.6. The lowest BCUT2D eigenvalue weighted by atomic mass is 9.78. The second kappa shape index (κ2) is 7.81. The fourth-order valence-corrected chi connectivity index (χ4v) is 6.12. The van der Waals surface area contributed by atoms with Gasteiger partial charge in [0.2, 0.25) is 0 Å². The van der Waals surface area contributed by atoms with Crippen molar-refractivity contribution in [1.82, 2.24) is 20.3 Å². The Morgan fingerprint density at radius 1 is 1.18 bits per heavy atom. The zero-order chi connectivity index (χ0) is 22.6. The lowest BCUT2D eigenvalue weighted by Crippen LogP contribution is -2.54. The fraction of sp³-hybridized carbons (Fsp3) is 0.480. The molecule has 33 heavy (non-hydrogen) atoms. The van der Waals surface area contributed by atoms with E-state index in [4.69, 9.17) is 5.73 Å². The van der Waals surface area contributed by atoms with Gasteiger partial charge < -0.3 is 21.4 Å². The Morgan fingerprint density at radius 2 is 2.09 bits per heavy atom. The van der Waals surface area contributed by atoms with E-state index in [0.717, 1.165) is 47.9 Å². The molecule has 3 aliphatic heterocycles. The number of rotatable bonds is 3. The van der Waals surface area contributed by atoms with Gasteiger partial charge in [-0.05, 0) is 49.9 Å². The largest absolute Gasteiger partial charge is 0.365 e. The third-order valence-electron chi connectivity index (χ3n) is 7.90. The van der Waals surface area contributed by atoms with Gasteiger partial charge in [0.05, 0.1) is 22.0 Å². The topological polar surface area (TPSA) is 105 Å². The number of ketones is 1. The number of hydrogen-bond donors (Lipinski definition) is 3. The SMILES string of the molecule is NC(=O)c1cncc2c3ccc(C4CCCNC4)cc3n(N3CCC(=O)C4(CCNC4)C3)c12. The molecule has 0 radical (unpaired) electrons. The summed E-state index contributed by atoms with van der Waals surface area (Å²) in [6, 6.07) is 6.64. The summed E-state index contributed by atoms with van der Waals surface area (Å²) in [6.45, 7) is 4.88. The summed E-state index contributed by atoms with van der Waals surface area (Å²) in [5.41, 5.74) is 9.00. The lowest BCUT2D eigenvalue weighted by molar-refractivity contribution is -0.128. The monoisotopic (exact) mass is 446 g/mol. The molecule has 2 unspecified atom stereocenters. The lowest BCUT2D eigenvalue weighted by Gasteiger charge is -2.41. The molecule has 3 saturated heterocycles. The standard InChI is InChI=1S/C25H30N6O2/c26-24(33)20-13-29-12-19-18-4-3-16(17-2-1-7-27-11-17)10-21(18)31(23(19)20)30-9-5-22(32)25(15-30)6-8-28-14-25/h3-4,10,12-13,17,27-28H,1-2,5-9,11,14-15H2,(H2,26,33). The van der Waals surface area contributed by atoms with Crippen LogP contribution in [-0.2, 0) is 4.79 Å². The van der Waals surface area contributed by atoms with Crippen LogP contribution in [0, 0.1) is 5.41 Å². The van der Waals surface area contributed by atoms with Crippen LogP contribution < -0.4 is 21.4 Å². The normalized spacial score (nSPS) is 26.0. The van der Waals surface area contributed by atoms with Gasteiger partial charge in [-0.3, -0.25) is 19.2 Å². The highest BCUT2D eigenvalue weighted by molar-refractivity contribution is 6.15. The maximum atomic E-state index is 12.9. The Labute approximate surface area is 192 Å². The molecule has 3 fully saturated rings. The van der Waals surface area contributed by atoms with E-state index in [1.165, 1.54) is 18.4 Å². The first-order valence-electron chi connectivity index (χ1n) is 12.0. The van der Waals surface area contributed by atoms with E-state index in [-0.39, 0.29) is 5.41 Å². The zero-order valence-corrected chi connectivity index (χ0v) is 18.8. The van der Waals surface area contributed by atoms with Crippen molar-refractivity contribution in [3.63, 3.8) is 0 Å². The average Bonchev–Trinajstić information content (AvgIpc) is 3.44. The van der Waals surface area contributed by atoms with Gasteiger partial charge in [-0.1, -0.05) is 12.1 Å². The summed E-state index contributed by atoms with van der Waals surface area (Å²) in [5.74, 6) is 0.325. The molecule has 1 amide bonds. The van der Waals surface area contributed by atoms with E-state index in [1.807, 2.05) is 6.20 Å². The number of nitrogens with two attached hydrogens (primary N) is 1. The van der Waals surface area contributed by atoms with Crippen LogP contribution in [0.15, 0.2) is 30.6 Å². The molecular formula is C25H30N6O2. The third kappa shape index (κ3) is 3.23. The molecule has 0 aliphatic carbocycles. The first-order chi connectivity index (χ1) is 16.1. The van der Waals surface area contributed by atoms with Crippen molar-refractivity contribution in [2.24, 2.45) is 11.1 Å². The summed E-state index contributed by atoms with van der Waals surface area (Å²) in [4.78, 5) is 29.7. The van der Waals surface area contributed by atoms with Gasteiger partial charge in [-0.25, -0.2) is 0 Å². The summed E-state index contributed by atoms with van der Waals surface area (Å²) < 4.78 is 2.17. The Bertz CT molecular complexity index is 1250. The minimum atomic E-state index is -0.487. The molecule has 1 aromatic carbocycles. The second-order valence-corrected chi connectivity index (χ2v) is 9.85. The number of primary amides is 1. The number of aromatic nitrogens is 2. The summed E-state index contributed by atoms with van der Waals surface area (Å²) in [5, 5.41) is 11.1. The smallest absolute Gasteiger partial charge is 0.252 e. The number of carbonyl (C=O) groups is 2. The Balaban J connectivity index is 1.57. The predicted octanol–water partition coefficient (Wildman–Crippen LogP) is 1.65. The van der Waals surface area contributed by atoms with Crippen LogP contribution >= 0.6 is 0 Å². The minimum Gasteiger partial charge on any atom is -0.365 e. The number of piperidine rings is 2. The number of amides is 1. The summed E-state index contributed by atoms with van der Waals surface area (Å²) in [6.07, 6.45) is 7.08. The van der Waals surface area contributed by atoms with Crippen molar-refractivity contribution in [2.45, 2.75) is 31.6 Å². The second-order valence-electron chi connectivity index (χ2n) is 9.85. The van der Waals surface area contributed by atoms with E-state index in [1.54, 1.807) is 6.20 Å². The Morgan fingerprint density at radius 3 is 2.85 bits per heavy atom. The highest BCUT2D eigenvalue weighted by Gasteiger charge is 2.45. The number of hydrogen-bond acceptors (Lipinski definition) is 6. The molecule has 0 saturated carbocycles. The van der Waals surface area contributed by atoms with Crippen LogP contribution in [0.4, 0.5) is 0 Å². The van der Waals surface area contributed by atoms with Crippen LogP contribution in [0.25, 0.3) is 21.8 Å². The van der Waals surface area contributed by atoms with Gasteiger partial charge >= 0.3 is 0 Å². The number of carbonyl (C=O) groups excluding carboxylic acids is 2. The van der Waals surface area contributed by atoms with Crippen molar-refractivity contribution in [3.8, 4) is 0 Å². The van der Waals surface area contributed by atoms with Gasteiger partial charge in [-0.15, -0.1) is 0 Å². The number of benzene rings is 1. The molecule has 2 atom stereocenters. The van der Waals surface area contributed by atoms with Crippen molar-refractivity contribution in [3.05, 3.63) is 41.7 Å². The molecule has 1 spiro atoms. The van der Waals surface area contributed by atoms with Crippen LogP contribution in [0.2, 0.25) is 0 Å². The van der Waals surface area contributed by atoms with Crippen LogP contribution in [-0.4, -0.2) is 60.6 Å². The summed E-state index contributed by atoms with van der Waals surface area (Å²) in [7, 11) is 0. The minimum absolute atomic E-state index is 0.343. The van der Waals surface area contributed by atoms with Gasteiger partial charge in [-0.2, -0.15) is 0 Å². The van der Waals surface area contributed by atoms with Gasteiger partial charge in [0.25, 0.3) is 5.91 Å². The van der Waals surface area contributed by atoms with Crippen molar-refractivity contribution < 1.29 is 9.59 Å². The van der Waals surface area contributed by atoms with Gasteiger partial charge in [0.1, 0.15) is 5.78 Å². The molecule has 172 valence electrons.